The van der Waals surface area contributed by atoms with E-state index in [-0.39, 0.29) is 0 Å². The number of hydrogen-bond donors (Lipinski definition) is 1. The molecule has 0 aliphatic carbocycles. The van der Waals surface area contributed by atoms with E-state index in [0.29, 0.717) is 6.04 Å². The Kier molecular flexibility index (Phi) is 3.27. The van der Waals surface area contributed by atoms with E-state index in [9.17, 15) is 0 Å². The maximum Gasteiger partial charge on any atom is 0.118 e. The lowest BCUT2D eigenvalue weighted by molar-refractivity contribution is 0.332. The number of nitrogens with one attached hydrogen (secondary N) is 1. The Balaban J connectivity index is 2.03. The summed E-state index contributed by atoms with van der Waals surface area (Å²) in [5.74, 6) is 1.75. The van der Waals surface area contributed by atoms with Crippen molar-refractivity contribution in [1.82, 2.24) is 5.32 Å². The Bertz CT molecular complexity index is 299. The quantitative estimate of drug-likeness (QED) is 0.801. The summed E-state index contributed by atoms with van der Waals surface area (Å²) in [5, 5.41) is 3.58. The van der Waals surface area contributed by atoms with Gasteiger partial charge in [-0.2, -0.15) is 0 Å². The molecule has 82 valence electrons. The van der Waals surface area contributed by atoms with Crippen LogP contribution < -0.4 is 10.1 Å². The summed E-state index contributed by atoms with van der Waals surface area (Å²) < 4.78 is 5.15. The lowest BCUT2D eigenvalue weighted by atomic mass is 9.92. The molecule has 0 bridgehead atoms. The number of hydrogen-bond acceptors (Lipinski definition) is 2. The van der Waals surface area contributed by atoms with Crippen molar-refractivity contribution in [1.29, 1.82) is 0 Å². The van der Waals surface area contributed by atoms with Crippen LogP contribution in [-0.2, 0) is 0 Å². The van der Waals surface area contributed by atoms with Crippen molar-refractivity contribution in [3.8, 4) is 5.75 Å². The summed E-state index contributed by atoms with van der Waals surface area (Å²) in [4.78, 5) is 0. The first-order chi connectivity index (χ1) is 7.29. The van der Waals surface area contributed by atoms with Gasteiger partial charge in [-0.1, -0.05) is 19.1 Å². The van der Waals surface area contributed by atoms with E-state index < -0.39 is 0 Å². The summed E-state index contributed by atoms with van der Waals surface area (Å²) in [6.07, 6.45) is 2.57. The van der Waals surface area contributed by atoms with Gasteiger partial charge in [0.1, 0.15) is 5.75 Å². The molecule has 0 unspecified atom stereocenters. The number of methoxy groups -OCH3 is 1. The zero-order valence-electron chi connectivity index (χ0n) is 9.49. The van der Waals surface area contributed by atoms with E-state index in [1.165, 1.54) is 18.4 Å². The molecule has 1 aromatic carbocycles. The molecule has 0 amide bonds. The molecule has 1 aromatic rings. The predicted octanol–water partition coefficient (Wildman–Crippen LogP) is 2.76. The smallest absolute Gasteiger partial charge is 0.118 e. The fourth-order valence-corrected chi connectivity index (χ4v) is 2.12. The van der Waals surface area contributed by atoms with Crippen LogP contribution in [0.3, 0.4) is 0 Å². The van der Waals surface area contributed by atoms with Gasteiger partial charge in [-0.3, -0.25) is 0 Å². The first kappa shape index (κ1) is 10.5. The SMILES string of the molecule is COc1ccc([C@H]2CC[C@@H](C)CN2)cc1. The first-order valence-corrected chi connectivity index (χ1v) is 5.67. The molecule has 2 rings (SSSR count). The molecule has 2 heteroatoms. The van der Waals surface area contributed by atoms with Gasteiger partial charge in [-0.25, -0.2) is 0 Å². The van der Waals surface area contributed by atoms with E-state index in [1.54, 1.807) is 7.11 Å². The third-order valence-corrected chi connectivity index (χ3v) is 3.18. The number of ether oxygens (including phenoxy) is 1. The third kappa shape index (κ3) is 2.51. The van der Waals surface area contributed by atoms with Gasteiger partial charge in [-0.05, 0) is 43.0 Å². The van der Waals surface area contributed by atoms with Gasteiger partial charge in [0.05, 0.1) is 7.11 Å². The van der Waals surface area contributed by atoms with E-state index in [1.807, 2.05) is 12.1 Å². The number of benzene rings is 1. The second-order valence-corrected chi connectivity index (χ2v) is 4.42. The molecule has 0 saturated carbocycles. The number of rotatable bonds is 2. The van der Waals surface area contributed by atoms with Crippen molar-refractivity contribution in [2.75, 3.05) is 13.7 Å². The average Bonchev–Trinajstić information content (AvgIpc) is 2.30. The van der Waals surface area contributed by atoms with E-state index in [2.05, 4.69) is 24.4 Å². The molecule has 1 heterocycles. The van der Waals surface area contributed by atoms with Crippen LogP contribution in [0, 0.1) is 5.92 Å². The Morgan fingerprint density at radius 1 is 1.20 bits per heavy atom. The maximum absolute atomic E-state index is 5.15. The Morgan fingerprint density at radius 3 is 2.47 bits per heavy atom. The normalized spacial score (nSPS) is 26.3. The number of piperidine rings is 1. The lowest BCUT2D eigenvalue weighted by Gasteiger charge is -2.28. The summed E-state index contributed by atoms with van der Waals surface area (Å²) in [5.41, 5.74) is 1.38. The molecular weight excluding hydrogens is 186 g/mol. The van der Waals surface area contributed by atoms with Gasteiger partial charge in [0.15, 0.2) is 0 Å². The Hall–Kier alpha value is -1.02. The van der Waals surface area contributed by atoms with Crippen LogP contribution in [0.5, 0.6) is 5.75 Å². The molecule has 1 aliphatic heterocycles. The summed E-state index contributed by atoms with van der Waals surface area (Å²) in [6.45, 7) is 3.44. The highest BCUT2D eigenvalue weighted by atomic mass is 16.5. The minimum atomic E-state index is 0.534. The van der Waals surface area contributed by atoms with Crippen molar-refractivity contribution < 1.29 is 4.74 Å². The van der Waals surface area contributed by atoms with Crippen LogP contribution in [0.1, 0.15) is 31.4 Å². The van der Waals surface area contributed by atoms with Gasteiger partial charge in [0, 0.05) is 6.04 Å². The van der Waals surface area contributed by atoms with Crippen LogP contribution >= 0.6 is 0 Å². The molecule has 2 nitrogen and oxygen atoms in total. The molecule has 0 radical (unpaired) electrons. The molecule has 1 N–H and O–H groups in total. The van der Waals surface area contributed by atoms with E-state index in [4.69, 9.17) is 4.74 Å². The van der Waals surface area contributed by atoms with Crippen LogP contribution in [0.4, 0.5) is 0 Å². The molecule has 1 fully saturated rings. The van der Waals surface area contributed by atoms with Gasteiger partial charge in [0.2, 0.25) is 0 Å². The topological polar surface area (TPSA) is 21.3 Å². The highest BCUT2D eigenvalue weighted by molar-refractivity contribution is 5.29. The molecule has 1 aliphatic rings. The zero-order chi connectivity index (χ0) is 10.7. The van der Waals surface area contributed by atoms with Gasteiger partial charge in [-0.15, -0.1) is 0 Å². The minimum Gasteiger partial charge on any atom is -0.497 e. The van der Waals surface area contributed by atoms with Crippen molar-refractivity contribution in [2.24, 2.45) is 5.92 Å². The second-order valence-electron chi connectivity index (χ2n) is 4.42. The van der Waals surface area contributed by atoms with Crippen LogP contribution in [-0.4, -0.2) is 13.7 Å². The van der Waals surface area contributed by atoms with Crippen molar-refractivity contribution in [3.05, 3.63) is 29.8 Å². The van der Waals surface area contributed by atoms with Crippen molar-refractivity contribution in [2.45, 2.75) is 25.8 Å². The first-order valence-electron chi connectivity index (χ1n) is 5.67. The minimum absolute atomic E-state index is 0.534. The van der Waals surface area contributed by atoms with Crippen LogP contribution in [0.25, 0.3) is 0 Å². The standard InChI is InChI=1S/C13H19NO/c1-10-3-8-13(14-9-10)11-4-6-12(15-2)7-5-11/h4-7,10,13-14H,3,8-9H2,1-2H3/t10-,13-/m1/s1. The zero-order valence-corrected chi connectivity index (χ0v) is 9.49. The Labute approximate surface area is 91.6 Å². The molecular formula is C13H19NO. The predicted molar refractivity (Wildman–Crippen MR) is 62.1 cm³/mol. The van der Waals surface area contributed by atoms with Crippen LogP contribution in [0.2, 0.25) is 0 Å². The second kappa shape index (κ2) is 4.67. The van der Waals surface area contributed by atoms with Gasteiger partial charge >= 0.3 is 0 Å². The average molecular weight is 205 g/mol. The summed E-state index contributed by atoms with van der Waals surface area (Å²) >= 11 is 0. The van der Waals surface area contributed by atoms with Gasteiger partial charge < -0.3 is 10.1 Å². The fourth-order valence-electron chi connectivity index (χ4n) is 2.12. The highest BCUT2D eigenvalue weighted by Crippen LogP contribution is 2.26. The van der Waals surface area contributed by atoms with Crippen molar-refractivity contribution >= 4 is 0 Å². The van der Waals surface area contributed by atoms with E-state index >= 15 is 0 Å². The third-order valence-electron chi connectivity index (χ3n) is 3.18. The van der Waals surface area contributed by atoms with Crippen molar-refractivity contribution in [3.63, 3.8) is 0 Å². The lowest BCUT2D eigenvalue weighted by Crippen LogP contribution is -2.31. The summed E-state index contributed by atoms with van der Waals surface area (Å²) in [7, 11) is 1.70. The molecule has 2 atom stereocenters. The Morgan fingerprint density at radius 2 is 1.93 bits per heavy atom. The van der Waals surface area contributed by atoms with E-state index in [0.717, 1.165) is 18.2 Å². The molecule has 0 spiro atoms. The fraction of sp³-hybridized carbons (Fsp3) is 0.538. The van der Waals surface area contributed by atoms with Gasteiger partial charge in [0.25, 0.3) is 0 Å². The van der Waals surface area contributed by atoms with Crippen LogP contribution in [0.15, 0.2) is 24.3 Å². The maximum atomic E-state index is 5.15. The monoisotopic (exact) mass is 205 g/mol. The largest absolute Gasteiger partial charge is 0.497 e. The highest BCUT2D eigenvalue weighted by Gasteiger charge is 2.18. The molecule has 1 saturated heterocycles. The molecule has 0 aromatic heterocycles. The molecule has 15 heavy (non-hydrogen) atoms. The summed E-state index contributed by atoms with van der Waals surface area (Å²) in [6, 6.07) is 8.93.